The van der Waals surface area contributed by atoms with Crippen LogP contribution in [0.1, 0.15) is 11.4 Å². The molecule has 0 saturated carbocycles. The Morgan fingerprint density at radius 3 is 0.925 bits per heavy atom. The first-order valence-electron chi connectivity index (χ1n) is 14.0. The van der Waals surface area contributed by atoms with Crippen molar-refractivity contribution < 1.29 is 99.4 Å². The van der Waals surface area contributed by atoms with Gasteiger partial charge in [-0.05, 0) is 4.57 Å². The second-order valence-corrected chi connectivity index (χ2v) is 10.3. The summed E-state index contributed by atoms with van der Waals surface area (Å²) in [6.07, 6.45) is 4.17. The van der Waals surface area contributed by atoms with E-state index in [-0.39, 0.29) is 13.2 Å². The van der Waals surface area contributed by atoms with E-state index in [1.807, 2.05) is 0 Å². The molecule has 0 bridgehead atoms. The van der Waals surface area contributed by atoms with Crippen LogP contribution in [0.5, 0.6) is 0 Å². The first kappa shape index (κ1) is 60.1. The third-order valence-corrected chi connectivity index (χ3v) is 5.73. The molecule has 13 N–H and O–H groups in total. The molecule has 0 spiro atoms. The maximum Gasteiger partial charge on any atom is 0.542 e. The molecule has 0 amide bonds. The van der Waals surface area contributed by atoms with Crippen molar-refractivity contribution in [3.63, 3.8) is 0 Å². The summed E-state index contributed by atoms with van der Waals surface area (Å²) in [4.78, 5) is 54.8. The lowest BCUT2D eigenvalue weighted by atomic mass is 9.91. The Bertz CT molecular complexity index is 1070. The fraction of sp³-hybridized carbons (Fsp3) is 0.344. The SMILES string of the molecule is C=CC(=O)O.C=CC(=O)O.C=CC(=O)O.C=CC(=O)O.C=CC(=O)O.O=[P+](O)C(O)c1ccccc1.OCC(CO)(CO)COCC(CO)(CO)CO. The zero-order valence-corrected chi connectivity index (χ0v) is 29.6. The largest absolute Gasteiger partial charge is 0.542 e. The van der Waals surface area contributed by atoms with Crippen LogP contribution in [0.25, 0.3) is 0 Å². The van der Waals surface area contributed by atoms with Crippen molar-refractivity contribution >= 4 is 37.9 Å². The average molecular weight is 786 g/mol. The van der Waals surface area contributed by atoms with Gasteiger partial charge in [-0.3, -0.25) is 0 Å². The predicted molar refractivity (Wildman–Crippen MR) is 189 cm³/mol. The second-order valence-electron chi connectivity index (χ2n) is 9.24. The van der Waals surface area contributed by atoms with Crippen molar-refractivity contribution in [3.05, 3.63) is 99.2 Å². The predicted octanol–water partition coefficient (Wildman–Crippen LogP) is -0.373. The van der Waals surface area contributed by atoms with Crippen molar-refractivity contribution in [1.29, 1.82) is 0 Å². The second kappa shape index (κ2) is 39.8. The Kier molecular flexibility index (Phi) is 45.1. The summed E-state index contributed by atoms with van der Waals surface area (Å²) in [6, 6.07) is 8.40. The smallest absolute Gasteiger partial charge is 0.478 e. The number of aliphatic hydroxyl groups is 7. The van der Waals surface area contributed by atoms with Crippen LogP contribution in [0.4, 0.5) is 0 Å². The molecule has 0 saturated heterocycles. The van der Waals surface area contributed by atoms with E-state index in [2.05, 4.69) is 32.9 Å². The lowest BCUT2D eigenvalue weighted by Crippen LogP contribution is -2.43. The zero-order chi connectivity index (χ0) is 43.1. The van der Waals surface area contributed by atoms with Crippen LogP contribution in [-0.2, 0) is 33.3 Å². The third-order valence-electron chi connectivity index (χ3n) is 5.01. The van der Waals surface area contributed by atoms with Gasteiger partial charge < -0.3 is 66.0 Å². The topological polar surface area (TPSA) is 375 Å². The van der Waals surface area contributed by atoms with Gasteiger partial charge in [0.05, 0.1) is 63.7 Å². The Balaban J connectivity index is -0.000000132. The number of carboxylic acid groups (broad SMARTS) is 5. The van der Waals surface area contributed by atoms with Crippen molar-refractivity contribution in [2.24, 2.45) is 10.8 Å². The highest BCUT2D eigenvalue weighted by molar-refractivity contribution is 7.38. The monoisotopic (exact) mass is 785 g/mol. The van der Waals surface area contributed by atoms with Crippen LogP contribution in [0.2, 0.25) is 0 Å². The molecule has 0 fully saturated rings. The minimum atomic E-state index is -2.53. The molecular formula is C32H50O20P+. The van der Waals surface area contributed by atoms with E-state index in [0.29, 0.717) is 5.56 Å². The van der Waals surface area contributed by atoms with Gasteiger partial charge in [0.2, 0.25) is 0 Å². The Hall–Kier alpha value is -4.99. The number of aliphatic hydroxyl groups excluding tert-OH is 7. The quantitative estimate of drug-likeness (QED) is 0.0707. The fourth-order valence-corrected chi connectivity index (χ4v) is 2.24. The van der Waals surface area contributed by atoms with Gasteiger partial charge in [0.25, 0.3) is 0 Å². The first-order valence-corrected chi connectivity index (χ1v) is 15.3. The molecule has 0 aromatic heterocycles. The summed E-state index contributed by atoms with van der Waals surface area (Å²) in [5.41, 5.74) is -1.85. The van der Waals surface area contributed by atoms with Crippen LogP contribution in [0.15, 0.2) is 93.6 Å². The molecule has 53 heavy (non-hydrogen) atoms. The van der Waals surface area contributed by atoms with Gasteiger partial charge in [0.15, 0.2) is 0 Å². The van der Waals surface area contributed by atoms with E-state index in [9.17, 15) is 28.5 Å². The first-order chi connectivity index (χ1) is 24.6. The zero-order valence-electron chi connectivity index (χ0n) is 28.7. The summed E-state index contributed by atoms with van der Waals surface area (Å²) in [7, 11) is -2.53. The summed E-state index contributed by atoms with van der Waals surface area (Å²) in [6.45, 7) is 11.8. The van der Waals surface area contributed by atoms with E-state index >= 15 is 0 Å². The van der Waals surface area contributed by atoms with Gasteiger partial charge in [-0.25, -0.2) is 24.0 Å². The van der Waals surface area contributed by atoms with E-state index in [4.69, 9.17) is 70.9 Å². The highest BCUT2D eigenvalue weighted by atomic mass is 31.1. The molecule has 0 aliphatic rings. The Labute approximate surface area is 306 Å². The molecule has 21 heteroatoms. The molecular weight excluding hydrogens is 735 g/mol. The lowest BCUT2D eigenvalue weighted by molar-refractivity contribution is -0.132. The number of carboxylic acids is 5. The van der Waals surface area contributed by atoms with E-state index in [1.54, 1.807) is 30.3 Å². The van der Waals surface area contributed by atoms with Gasteiger partial charge in [0, 0.05) is 35.9 Å². The number of hydrogen-bond donors (Lipinski definition) is 13. The number of aliphatic carboxylic acids is 5. The number of carbonyl (C=O) groups is 5. The van der Waals surface area contributed by atoms with Crippen LogP contribution in [0.3, 0.4) is 0 Å². The summed E-state index contributed by atoms with van der Waals surface area (Å²) in [5.74, 6) is -6.17. The molecule has 1 rings (SSSR count). The van der Waals surface area contributed by atoms with Gasteiger partial charge >= 0.3 is 43.7 Å². The molecule has 2 unspecified atom stereocenters. The number of benzene rings is 1. The van der Waals surface area contributed by atoms with Gasteiger partial charge in [0.1, 0.15) is 0 Å². The normalized spacial score (nSPS) is 10.2. The van der Waals surface area contributed by atoms with Gasteiger partial charge in [-0.1, -0.05) is 63.2 Å². The van der Waals surface area contributed by atoms with Gasteiger partial charge in [-0.15, -0.1) is 0 Å². The molecule has 20 nitrogen and oxygen atoms in total. The lowest BCUT2D eigenvalue weighted by Gasteiger charge is -2.31. The fourth-order valence-electron chi connectivity index (χ4n) is 1.81. The van der Waals surface area contributed by atoms with E-state index in [1.165, 1.54) is 0 Å². The van der Waals surface area contributed by atoms with E-state index < -0.39 is 94.2 Å². The molecule has 1 aromatic rings. The Morgan fingerprint density at radius 1 is 0.566 bits per heavy atom. The highest BCUT2D eigenvalue weighted by Crippen LogP contribution is 2.34. The van der Waals surface area contributed by atoms with Crippen molar-refractivity contribution in [2.75, 3.05) is 52.9 Å². The van der Waals surface area contributed by atoms with Gasteiger partial charge in [-0.2, -0.15) is 4.89 Å². The number of rotatable bonds is 17. The molecule has 1 aromatic carbocycles. The van der Waals surface area contributed by atoms with Crippen LogP contribution < -0.4 is 0 Å². The Morgan fingerprint density at radius 2 is 0.774 bits per heavy atom. The van der Waals surface area contributed by atoms with Crippen LogP contribution in [-0.4, -0.2) is 149 Å². The number of hydrogen-bond acceptors (Lipinski definition) is 14. The standard InChI is InChI=1S/C10H22O7.C7H7O3P.5C3H4O2/c11-1-9(2-12,3-13)7-17-8-10(4-14,5-15)6-16;8-7(11(9)10)6-4-2-1-3-5-6;5*1-2-3(4)5/h11-16H,1-8H2;1-5,7-8H;5*2H,1H2,(H,4,5)/p+1. The maximum atomic E-state index is 10.4. The third kappa shape index (κ3) is 43.1. The molecule has 0 radical (unpaired) electrons. The molecule has 0 aliphatic heterocycles. The van der Waals surface area contributed by atoms with Crippen molar-refractivity contribution in [3.8, 4) is 0 Å². The summed E-state index contributed by atoms with van der Waals surface area (Å²) in [5, 5.41) is 101. The number of ether oxygens (including phenoxy) is 1. The molecule has 302 valence electrons. The molecule has 0 aliphatic carbocycles. The minimum absolute atomic E-state index is 0.141. The maximum absolute atomic E-state index is 10.4. The summed E-state index contributed by atoms with van der Waals surface area (Å²) >= 11 is 0. The van der Waals surface area contributed by atoms with Crippen molar-refractivity contribution in [2.45, 2.75) is 5.85 Å². The van der Waals surface area contributed by atoms with Crippen LogP contribution in [0, 0.1) is 10.8 Å². The van der Waals surface area contributed by atoms with E-state index in [0.717, 1.165) is 30.4 Å². The molecule has 0 heterocycles. The molecule has 2 atom stereocenters. The minimum Gasteiger partial charge on any atom is -0.478 e. The van der Waals surface area contributed by atoms with Crippen molar-refractivity contribution in [1.82, 2.24) is 0 Å². The summed E-state index contributed by atoms with van der Waals surface area (Å²) < 4.78 is 15.5. The average Bonchev–Trinajstić information content (AvgIpc) is 3.16. The highest BCUT2D eigenvalue weighted by Gasteiger charge is 2.33. The van der Waals surface area contributed by atoms with Crippen LogP contribution >= 0.6 is 8.03 Å².